The first-order valence-corrected chi connectivity index (χ1v) is 17.2. The molecule has 0 aromatic heterocycles. The molecule has 14 heteroatoms. The van der Waals surface area contributed by atoms with Crippen molar-refractivity contribution < 1.29 is 25.9 Å². The van der Waals surface area contributed by atoms with Gasteiger partial charge in [0.15, 0.2) is 0 Å². The predicted molar refractivity (Wildman–Crippen MR) is 186 cm³/mol. The van der Waals surface area contributed by atoms with Crippen molar-refractivity contribution >= 4 is 75.9 Å². The Morgan fingerprint density at radius 1 is 0.479 bits per heavy atom. The van der Waals surface area contributed by atoms with E-state index in [1.165, 1.54) is 12.1 Å². The standard InChI is InChI=1S/C34H28N6O6S2/c1-19-15-21(11-13-27(19)37-39-29-17-31(47(41,42)43)33(35)25-9-5-3-7-23(25)29)22-12-14-28(20(2)16-22)38-40-30-18-32(48(44,45)46)34(36)26-10-6-4-8-24(26)30/h3-18H,35-36H2,1-2H3,(H,41,42,43)(H,44,45,46)/b39-37+,40-38+. The molecular weight excluding hydrogens is 653 g/mol. The van der Waals surface area contributed by atoms with Crippen LogP contribution < -0.4 is 11.5 Å². The number of nitrogens with zero attached hydrogens (tertiary/aromatic N) is 4. The number of benzene rings is 6. The van der Waals surface area contributed by atoms with E-state index in [9.17, 15) is 25.9 Å². The maximum atomic E-state index is 12.0. The molecule has 0 bridgehead atoms. The third-order valence-corrected chi connectivity index (χ3v) is 9.65. The van der Waals surface area contributed by atoms with Crippen molar-refractivity contribution in [3.63, 3.8) is 0 Å². The van der Waals surface area contributed by atoms with E-state index in [0.29, 0.717) is 32.9 Å². The normalized spacial score (nSPS) is 12.5. The van der Waals surface area contributed by atoms with E-state index in [1.807, 2.05) is 38.1 Å². The Hall–Kier alpha value is -5.54. The largest absolute Gasteiger partial charge is 0.397 e. The Kier molecular flexibility index (Phi) is 8.26. The quantitative estimate of drug-likeness (QED) is 0.0725. The molecule has 0 unspecified atom stereocenters. The number of fused-ring (bicyclic) bond motifs is 2. The smallest absolute Gasteiger partial charge is 0.296 e. The summed E-state index contributed by atoms with van der Waals surface area (Å²) in [6, 6.07) is 27.3. The summed E-state index contributed by atoms with van der Waals surface area (Å²) in [6.07, 6.45) is 0. The fourth-order valence-corrected chi connectivity index (χ4v) is 6.71. The Balaban J connectivity index is 1.29. The topological polar surface area (TPSA) is 210 Å². The van der Waals surface area contributed by atoms with Crippen LogP contribution in [0.25, 0.3) is 32.7 Å². The minimum atomic E-state index is -4.59. The first-order chi connectivity index (χ1) is 22.7. The van der Waals surface area contributed by atoms with Gasteiger partial charge in [-0.15, -0.1) is 10.2 Å². The van der Waals surface area contributed by atoms with Gasteiger partial charge >= 0.3 is 0 Å². The summed E-state index contributed by atoms with van der Waals surface area (Å²) < 4.78 is 67.2. The molecule has 6 N–H and O–H groups in total. The van der Waals surface area contributed by atoms with Crippen LogP contribution in [0.1, 0.15) is 11.1 Å². The highest BCUT2D eigenvalue weighted by molar-refractivity contribution is 7.86. The average Bonchev–Trinajstić information content (AvgIpc) is 3.04. The van der Waals surface area contributed by atoms with Crippen LogP contribution in [0.3, 0.4) is 0 Å². The van der Waals surface area contributed by atoms with Crippen LogP contribution in [0.2, 0.25) is 0 Å². The van der Waals surface area contributed by atoms with Gasteiger partial charge in [0.05, 0.1) is 34.1 Å². The number of anilines is 2. The Labute approximate surface area is 276 Å². The Morgan fingerprint density at radius 2 is 0.812 bits per heavy atom. The highest BCUT2D eigenvalue weighted by atomic mass is 32.2. The van der Waals surface area contributed by atoms with Crippen LogP contribution in [0.4, 0.5) is 34.1 Å². The van der Waals surface area contributed by atoms with E-state index in [0.717, 1.165) is 22.3 Å². The zero-order valence-electron chi connectivity index (χ0n) is 25.5. The molecule has 0 radical (unpaired) electrons. The highest BCUT2D eigenvalue weighted by Crippen LogP contribution is 2.39. The van der Waals surface area contributed by atoms with Gasteiger partial charge in [-0.1, -0.05) is 60.7 Å². The number of rotatable bonds is 7. The van der Waals surface area contributed by atoms with Gasteiger partial charge in [0.25, 0.3) is 20.2 Å². The summed E-state index contributed by atoms with van der Waals surface area (Å²) in [5.41, 5.74) is 16.9. The van der Waals surface area contributed by atoms with Gasteiger partial charge in [-0.2, -0.15) is 27.1 Å². The van der Waals surface area contributed by atoms with Crippen LogP contribution >= 0.6 is 0 Å². The van der Waals surface area contributed by atoms with E-state index >= 15 is 0 Å². The number of nitrogen functional groups attached to an aromatic ring is 2. The molecule has 0 fully saturated rings. The number of nitrogens with two attached hydrogens (primary N) is 2. The summed E-state index contributed by atoms with van der Waals surface area (Å²) in [6.45, 7) is 3.74. The minimum absolute atomic E-state index is 0.0691. The Morgan fingerprint density at radius 3 is 1.15 bits per heavy atom. The summed E-state index contributed by atoms with van der Waals surface area (Å²) in [5, 5.41) is 19.4. The third-order valence-electron chi connectivity index (χ3n) is 7.87. The van der Waals surface area contributed by atoms with Crippen LogP contribution in [0, 0.1) is 13.8 Å². The van der Waals surface area contributed by atoms with Crippen LogP contribution in [-0.2, 0) is 20.2 Å². The van der Waals surface area contributed by atoms with E-state index in [2.05, 4.69) is 20.5 Å². The molecule has 6 rings (SSSR count). The minimum Gasteiger partial charge on any atom is -0.397 e. The maximum Gasteiger partial charge on any atom is 0.296 e. The first kappa shape index (κ1) is 32.4. The summed E-state index contributed by atoms with van der Waals surface area (Å²) in [7, 11) is -9.18. The molecule has 0 aliphatic rings. The molecule has 12 nitrogen and oxygen atoms in total. The molecule has 6 aromatic rings. The summed E-state index contributed by atoms with van der Waals surface area (Å²) >= 11 is 0. The van der Waals surface area contributed by atoms with Gasteiger partial charge in [0.2, 0.25) is 0 Å². The average molecular weight is 681 g/mol. The molecule has 0 heterocycles. The zero-order chi connectivity index (χ0) is 34.4. The number of hydrogen-bond donors (Lipinski definition) is 4. The molecule has 0 saturated carbocycles. The first-order valence-electron chi connectivity index (χ1n) is 14.3. The van der Waals surface area contributed by atoms with Crippen LogP contribution in [-0.4, -0.2) is 25.9 Å². The lowest BCUT2D eigenvalue weighted by Gasteiger charge is -2.10. The molecule has 0 aliphatic heterocycles. The van der Waals surface area contributed by atoms with Crippen molar-refractivity contribution in [2.75, 3.05) is 11.5 Å². The molecule has 48 heavy (non-hydrogen) atoms. The lowest BCUT2D eigenvalue weighted by atomic mass is 10.0. The fraction of sp³-hybridized carbons (Fsp3) is 0.0588. The monoisotopic (exact) mass is 680 g/mol. The highest BCUT2D eigenvalue weighted by Gasteiger charge is 2.20. The van der Waals surface area contributed by atoms with Crippen molar-refractivity contribution in [1.82, 2.24) is 0 Å². The van der Waals surface area contributed by atoms with Crippen molar-refractivity contribution in [3.05, 3.63) is 108 Å². The van der Waals surface area contributed by atoms with Gasteiger partial charge in [-0.05, 0) is 72.5 Å². The Bertz CT molecular complexity index is 2390. The molecule has 0 amide bonds. The molecular formula is C34H28N6O6S2. The van der Waals surface area contributed by atoms with E-state index in [-0.39, 0.29) is 22.7 Å². The van der Waals surface area contributed by atoms with Crippen LogP contribution in [0.5, 0.6) is 0 Å². The number of azo groups is 2. The van der Waals surface area contributed by atoms with E-state index in [1.54, 1.807) is 60.7 Å². The summed E-state index contributed by atoms with van der Waals surface area (Å²) in [5.74, 6) is 0. The molecule has 6 aromatic carbocycles. The molecule has 0 aliphatic carbocycles. The lowest BCUT2D eigenvalue weighted by molar-refractivity contribution is 0.481. The molecule has 0 spiro atoms. The molecule has 242 valence electrons. The maximum absolute atomic E-state index is 12.0. The van der Waals surface area contributed by atoms with Gasteiger partial charge in [-0.3, -0.25) is 9.11 Å². The van der Waals surface area contributed by atoms with Gasteiger partial charge in [-0.25, -0.2) is 0 Å². The van der Waals surface area contributed by atoms with E-state index in [4.69, 9.17) is 11.5 Å². The number of aryl methyl sites for hydroxylation is 2. The van der Waals surface area contributed by atoms with Gasteiger partial charge in [0, 0.05) is 21.5 Å². The van der Waals surface area contributed by atoms with Crippen molar-refractivity contribution in [2.45, 2.75) is 23.6 Å². The SMILES string of the molecule is Cc1cc(-c2ccc(/N=N/c3cc(S(=O)(=O)O)c(N)c4ccccc34)c(C)c2)ccc1/N=N/c1cc(S(=O)(=O)O)c(N)c2ccccc12. The van der Waals surface area contributed by atoms with Gasteiger partial charge in [0.1, 0.15) is 9.79 Å². The second kappa shape index (κ2) is 12.2. The third kappa shape index (κ3) is 6.24. The van der Waals surface area contributed by atoms with Gasteiger partial charge < -0.3 is 11.5 Å². The van der Waals surface area contributed by atoms with Crippen molar-refractivity contribution in [3.8, 4) is 11.1 Å². The second-order valence-corrected chi connectivity index (χ2v) is 13.8. The number of hydrogen-bond acceptors (Lipinski definition) is 10. The predicted octanol–water partition coefficient (Wildman–Crippen LogP) is 8.77. The lowest BCUT2D eigenvalue weighted by Crippen LogP contribution is -2.03. The van der Waals surface area contributed by atoms with Crippen molar-refractivity contribution in [1.29, 1.82) is 0 Å². The molecule has 0 atom stereocenters. The zero-order valence-corrected chi connectivity index (χ0v) is 27.2. The molecule has 0 saturated heterocycles. The summed E-state index contributed by atoms with van der Waals surface area (Å²) in [4.78, 5) is -0.879. The van der Waals surface area contributed by atoms with Crippen molar-refractivity contribution in [2.24, 2.45) is 20.5 Å². The van der Waals surface area contributed by atoms with E-state index < -0.39 is 30.0 Å². The van der Waals surface area contributed by atoms with Crippen LogP contribution in [0.15, 0.2) is 127 Å². The second-order valence-electron chi connectivity index (χ2n) is 11.1. The fourth-order valence-electron chi connectivity index (χ4n) is 5.41.